The van der Waals surface area contributed by atoms with Crippen LogP contribution in [0, 0.1) is 0 Å². The van der Waals surface area contributed by atoms with Crippen LogP contribution in [-0.4, -0.2) is 68.6 Å². The molecule has 2 heterocycles. The van der Waals surface area contributed by atoms with Crippen LogP contribution in [0.3, 0.4) is 0 Å². The highest BCUT2D eigenvalue weighted by molar-refractivity contribution is 7.87. The first-order valence-electron chi connectivity index (χ1n) is 7.56. The average molecular weight is 305 g/mol. The summed E-state index contributed by atoms with van der Waals surface area (Å²) in [6.45, 7) is 9.38. The van der Waals surface area contributed by atoms with Gasteiger partial charge in [-0.15, -0.1) is 0 Å². The Morgan fingerprint density at radius 1 is 1.25 bits per heavy atom. The zero-order valence-corrected chi connectivity index (χ0v) is 13.5. The number of ether oxygens (including phenoxy) is 1. The molecule has 118 valence electrons. The van der Waals surface area contributed by atoms with Gasteiger partial charge < -0.3 is 4.74 Å². The van der Waals surface area contributed by atoms with Crippen molar-refractivity contribution in [3.05, 3.63) is 0 Å². The van der Waals surface area contributed by atoms with Crippen molar-refractivity contribution in [2.75, 3.05) is 32.7 Å². The van der Waals surface area contributed by atoms with Gasteiger partial charge in [-0.25, -0.2) is 4.72 Å². The molecule has 7 heteroatoms. The van der Waals surface area contributed by atoms with E-state index in [9.17, 15) is 8.42 Å². The van der Waals surface area contributed by atoms with E-state index in [-0.39, 0.29) is 12.2 Å². The van der Waals surface area contributed by atoms with Gasteiger partial charge in [-0.2, -0.15) is 12.7 Å². The van der Waals surface area contributed by atoms with Gasteiger partial charge in [-0.05, 0) is 39.8 Å². The predicted molar refractivity (Wildman–Crippen MR) is 78.8 cm³/mol. The lowest BCUT2D eigenvalue weighted by Gasteiger charge is -2.34. The Morgan fingerprint density at radius 2 is 1.90 bits per heavy atom. The summed E-state index contributed by atoms with van der Waals surface area (Å²) in [6, 6.07) is 0.339. The van der Waals surface area contributed by atoms with Crippen molar-refractivity contribution in [2.45, 2.75) is 51.9 Å². The number of hydrogen-bond donors (Lipinski definition) is 1. The van der Waals surface area contributed by atoms with Gasteiger partial charge in [0.2, 0.25) is 0 Å². The highest BCUT2D eigenvalue weighted by Crippen LogP contribution is 2.17. The van der Waals surface area contributed by atoms with E-state index >= 15 is 0 Å². The van der Waals surface area contributed by atoms with Gasteiger partial charge in [0.15, 0.2) is 0 Å². The second-order valence-corrected chi connectivity index (χ2v) is 7.61. The molecule has 20 heavy (non-hydrogen) atoms. The third-order valence-corrected chi connectivity index (χ3v) is 5.64. The van der Waals surface area contributed by atoms with Crippen molar-refractivity contribution in [1.82, 2.24) is 13.9 Å². The fourth-order valence-corrected chi connectivity index (χ4v) is 4.56. The van der Waals surface area contributed by atoms with Crippen LogP contribution in [0.1, 0.15) is 33.6 Å². The molecule has 3 atom stereocenters. The van der Waals surface area contributed by atoms with Gasteiger partial charge in [0.1, 0.15) is 0 Å². The van der Waals surface area contributed by atoms with Gasteiger partial charge >= 0.3 is 0 Å². The van der Waals surface area contributed by atoms with Crippen molar-refractivity contribution in [1.29, 1.82) is 0 Å². The third kappa shape index (κ3) is 3.92. The fraction of sp³-hybridized carbons (Fsp3) is 1.00. The summed E-state index contributed by atoms with van der Waals surface area (Å²) in [7, 11) is -3.39. The summed E-state index contributed by atoms with van der Waals surface area (Å²) in [5.41, 5.74) is 0. The van der Waals surface area contributed by atoms with Crippen molar-refractivity contribution in [3.8, 4) is 0 Å². The largest absolute Gasteiger partial charge is 0.373 e. The molecular weight excluding hydrogens is 278 g/mol. The molecule has 0 aromatic carbocycles. The minimum absolute atomic E-state index is 0.0473. The SMILES string of the molecule is CCN1CCC[C@@H]1CNS(=O)(=O)N1C[C@@H](C)O[C@H](C)C1. The average Bonchev–Trinajstić information content (AvgIpc) is 2.82. The molecule has 0 aliphatic carbocycles. The third-order valence-electron chi connectivity index (χ3n) is 4.13. The van der Waals surface area contributed by atoms with Crippen molar-refractivity contribution >= 4 is 10.2 Å². The molecule has 6 nitrogen and oxygen atoms in total. The first-order valence-corrected chi connectivity index (χ1v) is 9.00. The van der Waals surface area contributed by atoms with Crippen LogP contribution < -0.4 is 4.72 Å². The van der Waals surface area contributed by atoms with Crippen LogP contribution in [0.25, 0.3) is 0 Å². The Hall–Kier alpha value is -0.210. The Bertz CT molecular complexity index is 405. The van der Waals surface area contributed by atoms with E-state index < -0.39 is 10.2 Å². The number of likely N-dealkylation sites (N-methyl/N-ethyl adjacent to an activating group) is 1. The molecule has 0 bridgehead atoms. The Labute approximate surface area is 122 Å². The van der Waals surface area contributed by atoms with Crippen LogP contribution in [0.4, 0.5) is 0 Å². The van der Waals surface area contributed by atoms with Crippen LogP contribution in [-0.2, 0) is 14.9 Å². The first-order chi connectivity index (χ1) is 9.42. The van der Waals surface area contributed by atoms with Gasteiger partial charge in [0.05, 0.1) is 12.2 Å². The predicted octanol–water partition coefficient (Wildman–Crippen LogP) is 0.414. The maximum Gasteiger partial charge on any atom is 0.279 e. The summed E-state index contributed by atoms with van der Waals surface area (Å²) in [5.74, 6) is 0. The number of nitrogens with one attached hydrogen (secondary N) is 1. The lowest BCUT2D eigenvalue weighted by molar-refractivity contribution is -0.0444. The van der Waals surface area contributed by atoms with Crippen LogP contribution in [0.5, 0.6) is 0 Å². The first kappa shape index (κ1) is 16.2. The second-order valence-electron chi connectivity index (χ2n) is 5.85. The van der Waals surface area contributed by atoms with E-state index in [0.717, 1.165) is 25.9 Å². The molecule has 0 radical (unpaired) electrons. The van der Waals surface area contributed by atoms with E-state index in [1.165, 1.54) is 4.31 Å². The standard InChI is InChI=1S/C13H27N3O3S/c1-4-15-7-5-6-13(15)8-14-20(17,18)16-9-11(2)19-12(3)10-16/h11-14H,4-10H2,1-3H3/t11-,12-,13-/m1/s1. The Kier molecular flexibility index (Phi) is 5.42. The van der Waals surface area contributed by atoms with Crippen molar-refractivity contribution < 1.29 is 13.2 Å². The summed E-state index contributed by atoms with van der Waals surface area (Å²) in [4.78, 5) is 2.34. The topological polar surface area (TPSA) is 61.9 Å². The van der Waals surface area contributed by atoms with E-state index in [0.29, 0.717) is 25.7 Å². The van der Waals surface area contributed by atoms with E-state index in [1.807, 2.05) is 13.8 Å². The van der Waals surface area contributed by atoms with E-state index in [2.05, 4.69) is 16.5 Å². The molecule has 0 aromatic heterocycles. The lowest BCUT2D eigenvalue weighted by Crippen LogP contribution is -2.53. The Morgan fingerprint density at radius 3 is 2.50 bits per heavy atom. The molecular formula is C13H27N3O3S. The van der Waals surface area contributed by atoms with Gasteiger partial charge in [-0.3, -0.25) is 4.90 Å². The van der Waals surface area contributed by atoms with Crippen LogP contribution in [0.15, 0.2) is 0 Å². The molecule has 1 N–H and O–H groups in total. The number of hydrogen-bond acceptors (Lipinski definition) is 4. The van der Waals surface area contributed by atoms with Gasteiger partial charge in [0, 0.05) is 25.7 Å². The molecule has 2 aliphatic rings. The lowest BCUT2D eigenvalue weighted by atomic mass is 10.2. The molecule has 2 fully saturated rings. The zero-order chi connectivity index (χ0) is 14.8. The van der Waals surface area contributed by atoms with Crippen molar-refractivity contribution in [2.24, 2.45) is 0 Å². The summed E-state index contributed by atoms with van der Waals surface area (Å²) in [5, 5.41) is 0. The summed E-state index contributed by atoms with van der Waals surface area (Å²) < 4.78 is 34.6. The zero-order valence-electron chi connectivity index (χ0n) is 12.7. The monoisotopic (exact) mass is 305 g/mol. The molecule has 2 saturated heterocycles. The van der Waals surface area contributed by atoms with Gasteiger partial charge in [-0.1, -0.05) is 6.92 Å². The number of nitrogens with zero attached hydrogens (tertiary/aromatic N) is 2. The van der Waals surface area contributed by atoms with Gasteiger partial charge in [0.25, 0.3) is 10.2 Å². The Balaban J connectivity index is 1.90. The normalized spacial score (nSPS) is 33.6. The maximum absolute atomic E-state index is 12.4. The highest BCUT2D eigenvalue weighted by atomic mass is 32.2. The maximum atomic E-state index is 12.4. The molecule has 0 saturated carbocycles. The number of rotatable bonds is 5. The van der Waals surface area contributed by atoms with Crippen molar-refractivity contribution in [3.63, 3.8) is 0 Å². The molecule has 0 spiro atoms. The minimum Gasteiger partial charge on any atom is -0.373 e. The summed E-state index contributed by atoms with van der Waals surface area (Å²) in [6.07, 6.45) is 2.14. The smallest absolute Gasteiger partial charge is 0.279 e. The molecule has 0 amide bonds. The second kappa shape index (κ2) is 6.70. The molecule has 0 aromatic rings. The quantitative estimate of drug-likeness (QED) is 0.799. The number of likely N-dealkylation sites (tertiary alicyclic amines) is 1. The highest BCUT2D eigenvalue weighted by Gasteiger charge is 2.32. The summed E-state index contributed by atoms with van der Waals surface area (Å²) >= 11 is 0. The molecule has 2 aliphatic heterocycles. The van der Waals surface area contributed by atoms with Crippen LogP contribution in [0.2, 0.25) is 0 Å². The molecule has 0 unspecified atom stereocenters. The minimum atomic E-state index is -3.39. The van der Waals surface area contributed by atoms with Crippen LogP contribution >= 0.6 is 0 Å². The molecule has 2 rings (SSSR count). The number of morpholine rings is 1. The van der Waals surface area contributed by atoms with E-state index in [4.69, 9.17) is 4.74 Å². The fourth-order valence-electron chi connectivity index (χ4n) is 3.16. The van der Waals surface area contributed by atoms with E-state index in [1.54, 1.807) is 0 Å².